The van der Waals surface area contributed by atoms with Crippen molar-refractivity contribution in [3.63, 3.8) is 0 Å². The molecule has 1 spiro atoms. The number of likely N-dealkylation sites (tertiary alicyclic amines) is 1. The molecule has 2 aliphatic rings. The highest BCUT2D eigenvalue weighted by molar-refractivity contribution is 5.05. The van der Waals surface area contributed by atoms with E-state index in [0.29, 0.717) is 0 Å². The van der Waals surface area contributed by atoms with Crippen LogP contribution in [0.25, 0.3) is 0 Å². The van der Waals surface area contributed by atoms with Crippen LogP contribution in [0.15, 0.2) is 4.42 Å². The third-order valence-corrected chi connectivity index (χ3v) is 3.86. The lowest BCUT2D eigenvalue weighted by molar-refractivity contribution is -0.186. The molecular formula is C13H20N2O3. The maximum Gasteiger partial charge on any atom is 0.208 e. The van der Waals surface area contributed by atoms with E-state index in [1.165, 1.54) is 0 Å². The molecule has 3 rings (SSSR count). The summed E-state index contributed by atoms with van der Waals surface area (Å²) in [6.07, 6.45) is 1.87. The van der Waals surface area contributed by atoms with Crippen molar-refractivity contribution in [2.24, 2.45) is 0 Å². The van der Waals surface area contributed by atoms with Crippen molar-refractivity contribution >= 4 is 0 Å². The van der Waals surface area contributed by atoms with Crippen LogP contribution in [0.2, 0.25) is 0 Å². The Labute approximate surface area is 107 Å². The number of hydrogen-bond donors (Lipinski definition) is 0. The number of piperidine rings is 1. The minimum absolute atomic E-state index is 0.293. The number of oxazole rings is 1. The molecule has 0 unspecified atom stereocenters. The van der Waals surface area contributed by atoms with Gasteiger partial charge in [-0.3, -0.25) is 4.90 Å². The van der Waals surface area contributed by atoms with Crippen LogP contribution in [0.4, 0.5) is 0 Å². The molecule has 2 saturated heterocycles. The van der Waals surface area contributed by atoms with Crippen LogP contribution in [0.3, 0.4) is 0 Å². The monoisotopic (exact) mass is 252 g/mol. The minimum Gasteiger partial charge on any atom is -0.444 e. The van der Waals surface area contributed by atoms with Gasteiger partial charge in [-0.2, -0.15) is 0 Å². The quantitative estimate of drug-likeness (QED) is 0.800. The number of ether oxygens (including phenoxy) is 2. The summed E-state index contributed by atoms with van der Waals surface area (Å²) in [5, 5.41) is 0. The Balaban J connectivity index is 1.56. The molecule has 0 saturated carbocycles. The molecule has 3 heterocycles. The summed E-state index contributed by atoms with van der Waals surface area (Å²) in [4.78, 5) is 6.77. The minimum atomic E-state index is -0.293. The fourth-order valence-corrected chi connectivity index (χ4v) is 2.64. The first-order valence-electron chi connectivity index (χ1n) is 6.60. The largest absolute Gasteiger partial charge is 0.444 e. The highest BCUT2D eigenvalue weighted by Crippen LogP contribution is 2.31. The zero-order valence-corrected chi connectivity index (χ0v) is 11.1. The van der Waals surface area contributed by atoms with Gasteiger partial charge in [-0.25, -0.2) is 4.98 Å². The summed E-state index contributed by atoms with van der Waals surface area (Å²) in [5.74, 6) is 1.44. The van der Waals surface area contributed by atoms with E-state index in [9.17, 15) is 0 Å². The summed E-state index contributed by atoms with van der Waals surface area (Å²) in [7, 11) is 0. The van der Waals surface area contributed by atoms with Gasteiger partial charge in [0.2, 0.25) is 5.89 Å². The second-order valence-electron chi connectivity index (χ2n) is 5.13. The molecule has 0 amide bonds. The molecule has 2 aliphatic heterocycles. The SMILES string of the molecule is Cc1nc(CN2CCC3(CC2)OCCO3)oc1C. The van der Waals surface area contributed by atoms with Gasteiger partial charge in [-0.05, 0) is 13.8 Å². The second kappa shape index (κ2) is 4.64. The van der Waals surface area contributed by atoms with Gasteiger partial charge in [0, 0.05) is 25.9 Å². The lowest BCUT2D eigenvalue weighted by Crippen LogP contribution is -2.44. The first-order valence-corrected chi connectivity index (χ1v) is 6.60. The van der Waals surface area contributed by atoms with E-state index in [-0.39, 0.29) is 5.79 Å². The fraction of sp³-hybridized carbons (Fsp3) is 0.769. The van der Waals surface area contributed by atoms with Crippen LogP contribution >= 0.6 is 0 Å². The Kier molecular flexibility index (Phi) is 3.13. The molecule has 0 aromatic carbocycles. The first kappa shape index (κ1) is 12.1. The van der Waals surface area contributed by atoms with Gasteiger partial charge in [-0.15, -0.1) is 0 Å². The number of rotatable bonds is 2. The Morgan fingerprint density at radius 1 is 1.17 bits per heavy atom. The highest BCUT2D eigenvalue weighted by Gasteiger charge is 2.39. The van der Waals surface area contributed by atoms with Crippen molar-refractivity contribution in [3.05, 3.63) is 17.3 Å². The smallest absolute Gasteiger partial charge is 0.208 e. The van der Waals surface area contributed by atoms with Crippen LogP contribution in [0.1, 0.15) is 30.2 Å². The fourth-order valence-electron chi connectivity index (χ4n) is 2.64. The van der Waals surface area contributed by atoms with Crippen LogP contribution in [0.5, 0.6) is 0 Å². The van der Waals surface area contributed by atoms with Gasteiger partial charge in [-0.1, -0.05) is 0 Å². The lowest BCUT2D eigenvalue weighted by Gasteiger charge is -2.36. The van der Waals surface area contributed by atoms with E-state index < -0.39 is 0 Å². The summed E-state index contributed by atoms with van der Waals surface area (Å²) < 4.78 is 17.0. The second-order valence-corrected chi connectivity index (χ2v) is 5.13. The molecule has 5 nitrogen and oxygen atoms in total. The molecule has 0 N–H and O–H groups in total. The normalized spacial score (nSPS) is 23.9. The maximum atomic E-state index is 5.72. The van der Waals surface area contributed by atoms with Gasteiger partial charge in [0.05, 0.1) is 25.5 Å². The predicted molar refractivity (Wildman–Crippen MR) is 65.1 cm³/mol. The summed E-state index contributed by atoms with van der Waals surface area (Å²) in [6.45, 7) is 8.13. The summed E-state index contributed by atoms with van der Waals surface area (Å²) in [6, 6.07) is 0. The predicted octanol–water partition coefficient (Wildman–Crippen LogP) is 1.63. The molecule has 1 aromatic heterocycles. The Bertz CT molecular complexity index is 394. The number of aryl methyl sites for hydroxylation is 2. The lowest BCUT2D eigenvalue weighted by atomic mass is 10.0. The number of aromatic nitrogens is 1. The van der Waals surface area contributed by atoms with Crippen molar-refractivity contribution in [1.29, 1.82) is 0 Å². The number of nitrogens with zero attached hydrogens (tertiary/aromatic N) is 2. The zero-order valence-electron chi connectivity index (χ0n) is 11.1. The van der Waals surface area contributed by atoms with Gasteiger partial charge in [0.25, 0.3) is 0 Å². The standard InChI is InChI=1S/C13H20N2O3/c1-10-11(2)18-12(14-10)9-15-5-3-13(4-6-15)16-7-8-17-13/h3-9H2,1-2H3. The molecule has 1 aromatic rings. The van der Waals surface area contributed by atoms with E-state index >= 15 is 0 Å². The topological polar surface area (TPSA) is 47.7 Å². The Morgan fingerprint density at radius 3 is 2.39 bits per heavy atom. The average molecular weight is 252 g/mol. The van der Waals surface area contributed by atoms with E-state index in [2.05, 4.69) is 9.88 Å². The third kappa shape index (κ3) is 2.30. The zero-order chi connectivity index (χ0) is 12.6. The summed E-state index contributed by atoms with van der Waals surface area (Å²) >= 11 is 0. The van der Waals surface area contributed by atoms with Crippen molar-refractivity contribution in [3.8, 4) is 0 Å². The summed E-state index contributed by atoms with van der Waals surface area (Å²) in [5.41, 5.74) is 0.987. The van der Waals surface area contributed by atoms with Crippen molar-refractivity contribution < 1.29 is 13.9 Å². The molecule has 0 aliphatic carbocycles. The van der Waals surface area contributed by atoms with Gasteiger partial charge < -0.3 is 13.9 Å². The average Bonchev–Trinajstić information content (AvgIpc) is 2.92. The van der Waals surface area contributed by atoms with Crippen molar-refractivity contribution in [1.82, 2.24) is 9.88 Å². The van der Waals surface area contributed by atoms with Gasteiger partial charge in [0.1, 0.15) is 5.76 Å². The molecule has 0 atom stereocenters. The van der Waals surface area contributed by atoms with Crippen LogP contribution < -0.4 is 0 Å². The molecular weight excluding hydrogens is 232 g/mol. The van der Waals surface area contributed by atoms with E-state index in [0.717, 1.165) is 63.0 Å². The van der Waals surface area contributed by atoms with Crippen LogP contribution in [-0.4, -0.2) is 42.0 Å². The van der Waals surface area contributed by atoms with Gasteiger partial charge >= 0.3 is 0 Å². The first-order chi connectivity index (χ1) is 8.67. The third-order valence-electron chi connectivity index (χ3n) is 3.86. The maximum absolute atomic E-state index is 5.72. The van der Waals surface area contributed by atoms with Crippen LogP contribution in [0, 0.1) is 13.8 Å². The molecule has 0 bridgehead atoms. The molecule has 2 fully saturated rings. The van der Waals surface area contributed by atoms with Gasteiger partial charge in [0.15, 0.2) is 5.79 Å². The highest BCUT2D eigenvalue weighted by atomic mass is 16.7. The Morgan fingerprint density at radius 2 is 1.83 bits per heavy atom. The van der Waals surface area contributed by atoms with E-state index in [1.54, 1.807) is 0 Å². The van der Waals surface area contributed by atoms with Crippen molar-refractivity contribution in [2.75, 3.05) is 26.3 Å². The van der Waals surface area contributed by atoms with Crippen molar-refractivity contribution in [2.45, 2.75) is 39.0 Å². The van der Waals surface area contributed by atoms with E-state index in [4.69, 9.17) is 13.9 Å². The molecule has 0 radical (unpaired) electrons. The van der Waals surface area contributed by atoms with Crippen LogP contribution in [-0.2, 0) is 16.0 Å². The molecule has 5 heteroatoms. The molecule has 100 valence electrons. The molecule has 18 heavy (non-hydrogen) atoms. The Hall–Kier alpha value is -0.910. The number of hydrogen-bond acceptors (Lipinski definition) is 5. The van der Waals surface area contributed by atoms with E-state index in [1.807, 2.05) is 13.8 Å².